The molecule has 0 heterocycles. The molecular formula is C39H51Cl3O6SiTi. The second-order valence-electron chi connectivity index (χ2n) is 12.4. The normalized spacial score (nSPS) is 10.6. The molecule has 0 atom stereocenters. The average molecular weight is 798 g/mol. The van der Waals surface area contributed by atoms with E-state index in [1.807, 2.05) is 0 Å². The number of rotatable bonds is 10. The van der Waals surface area contributed by atoms with Crippen LogP contribution in [0.4, 0.5) is 0 Å². The van der Waals surface area contributed by atoms with Gasteiger partial charge in [0.15, 0.2) is 34.5 Å². The Kier molecular flexibility index (Phi) is 17.5. The van der Waals surface area contributed by atoms with E-state index < -0.39 is 8.07 Å². The van der Waals surface area contributed by atoms with E-state index in [9.17, 15) is 0 Å². The molecule has 4 aromatic carbocycles. The van der Waals surface area contributed by atoms with E-state index in [0.29, 0.717) is 17.2 Å². The number of ether oxygens (including phenoxy) is 6. The molecule has 11 heteroatoms. The van der Waals surface area contributed by atoms with Crippen LogP contribution in [0.25, 0.3) is 0 Å². The predicted octanol–water partition coefficient (Wildman–Crippen LogP) is -3.07. The van der Waals surface area contributed by atoms with Gasteiger partial charge in [0.1, 0.15) is 8.07 Å². The van der Waals surface area contributed by atoms with E-state index >= 15 is 0 Å². The van der Waals surface area contributed by atoms with Crippen LogP contribution in [0.5, 0.6) is 34.5 Å². The van der Waals surface area contributed by atoms with Crippen LogP contribution in [0.3, 0.4) is 0 Å². The maximum Gasteiger partial charge on any atom is 4.00 e. The van der Waals surface area contributed by atoms with Gasteiger partial charge in [-0.05, 0) is 109 Å². The van der Waals surface area contributed by atoms with Gasteiger partial charge in [-0.1, -0.05) is 27.7 Å². The topological polar surface area (TPSA) is 55.4 Å². The minimum absolute atomic E-state index is 0. The zero-order chi connectivity index (χ0) is 34.4. The van der Waals surface area contributed by atoms with E-state index in [1.54, 1.807) is 42.7 Å². The Labute approximate surface area is 334 Å². The second kappa shape index (κ2) is 18.4. The Morgan fingerprint density at radius 3 is 0.840 bits per heavy atom. The van der Waals surface area contributed by atoms with Gasteiger partial charge in [0.2, 0.25) is 0 Å². The van der Waals surface area contributed by atoms with Gasteiger partial charge in [-0.25, -0.2) is 0 Å². The third kappa shape index (κ3) is 7.03. The first-order chi connectivity index (χ1) is 21.7. The van der Waals surface area contributed by atoms with Gasteiger partial charge in [0, 0.05) is 0 Å². The first-order valence-electron chi connectivity index (χ1n) is 15.7. The van der Waals surface area contributed by atoms with E-state index in [4.69, 9.17) is 28.4 Å². The summed E-state index contributed by atoms with van der Waals surface area (Å²) in [5, 5.41) is 5.16. The SMILES string of the molecule is COc1cc(C)c([Si](c2c(C)cc(OC)c(OC)c2C)(c2c(C)cc(OC)c(OC)c2C)[c-]2c(C)c(C)c(C)c2C)c(C)c1OC.[Cl-].[Cl-].[Cl-].[Ti+4]. The number of aryl methyl sites for hydroxylation is 3. The fourth-order valence-electron chi connectivity index (χ4n) is 8.26. The second-order valence-corrected chi connectivity index (χ2v) is 15.9. The minimum atomic E-state index is -3.32. The maximum absolute atomic E-state index is 6.15. The number of halogens is 3. The van der Waals surface area contributed by atoms with Crippen LogP contribution in [-0.4, -0.2) is 50.7 Å². The summed E-state index contributed by atoms with van der Waals surface area (Å²) in [5.74, 6) is 4.36. The molecule has 0 aromatic heterocycles. The van der Waals surface area contributed by atoms with Crippen molar-refractivity contribution in [2.75, 3.05) is 42.7 Å². The van der Waals surface area contributed by atoms with Gasteiger partial charge in [-0.15, -0.1) is 5.19 Å². The summed E-state index contributed by atoms with van der Waals surface area (Å²) in [7, 11) is 6.94. The molecule has 4 rings (SSSR count). The molecule has 0 aliphatic heterocycles. The van der Waals surface area contributed by atoms with Crippen LogP contribution in [0.15, 0.2) is 18.2 Å². The van der Waals surface area contributed by atoms with Crippen LogP contribution in [0.1, 0.15) is 55.6 Å². The van der Waals surface area contributed by atoms with E-state index in [0.717, 1.165) is 50.6 Å². The summed E-state index contributed by atoms with van der Waals surface area (Å²) in [5.41, 5.74) is 11.8. The van der Waals surface area contributed by atoms with Gasteiger partial charge in [0.25, 0.3) is 0 Å². The molecule has 6 nitrogen and oxygen atoms in total. The zero-order valence-electron chi connectivity index (χ0n) is 32.3. The van der Waals surface area contributed by atoms with Crippen molar-refractivity contribution < 1.29 is 87.4 Å². The summed E-state index contributed by atoms with van der Waals surface area (Å²) in [4.78, 5) is 0. The average Bonchev–Trinajstić information content (AvgIpc) is 3.21. The Balaban J connectivity index is 0.00000600. The molecular weight excluding hydrogens is 747 g/mol. The standard InChI is InChI=1S/C39H51O6Si.3ClH.Ti/c1-20-17-30(40-11)33(43-14)27(8)36(20)46(39-25(6)23(4)24(5)26(39)7,37-21(2)18-31(41-12)34(44-15)28(37)9)38-22(3)19-32(42-13)35(45-16)29(38)10;;;;/h17-19H,1-16H3;3*1H;/q-1;;;;+4/p-3. The van der Waals surface area contributed by atoms with Crippen LogP contribution in [0, 0.1) is 69.2 Å². The molecule has 4 aromatic rings. The summed E-state index contributed by atoms with van der Waals surface area (Å²) < 4.78 is 36.1. The van der Waals surface area contributed by atoms with Crippen molar-refractivity contribution in [1.29, 1.82) is 0 Å². The van der Waals surface area contributed by atoms with E-state index in [-0.39, 0.29) is 58.9 Å². The van der Waals surface area contributed by atoms with Gasteiger partial charge in [-0.2, -0.15) is 22.3 Å². The Morgan fingerprint density at radius 2 is 0.640 bits per heavy atom. The predicted molar refractivity (Wildman–Crippen MR) is 192 cm³/mol. The molecule has 50 heavy (non-hydrogen) atoms. The first-order valence-corrected chi connectivity index (χ1v) is 17.7. The summed E-state index contributed by atoms with van der Waals surface area (Å²) in [6.45, 7) is 22.2. The van der Waals surface area contributed by atoms with Crippen molar-refractivity contribution >= 4 is 28.8 Å². The summed E-state index contributed by atoms with van der Waals surface area (Å²) >= 11 is 0. The molecule has 0 saturated heterocycles. The molecule has 272 valence electrons. The third-order valence-corrected chi connectivity index (χ3v) is 16.3. The van der Waals surface area contributed by atoms with Crippen molar-refractivity contribution in [3.8, 4) is 34.5 Å². The number of benzene rings is 3. The van der Waals surface area contributed by atoms with Crippen LogP contribution in [-0.2, 0) is 21.7 Å². The fourth-order valence-corrected chi connectivity index (χ4v) is 15.3. The van der Waals surface area contributed by atoms with E-state index in [2.05, 4.69) is 87.4 Å². The smallest absolute Gasteiger partial charge is 1.00 e. The molecule has 0 spiro atoms. The van der Waals surface area contributed by atoms with Crippen LogP contribution < -0.4 is 86.4 Å². The van der Waals surface area contributed by atoms with E-state index in [1.165, 1.54) is 43.0 Å². The molecule has 0 saturated carbocycles. The Morgan fingerprint density at radius 1 is 0.400 bits per heavy atom. The third-order valence-electron chi connectivity index (χ3n) is 10.3. The van der Waals surface area contributed by atoms with Gasteiger partial charge in [-0.3, -0.25) is 0 Å². The van der Waals surface area contributed by atoms with Crippen molar-refractivity contribution in [3.63, 3.8) is 0 Å². The summed E-state index contributed by atoms with van der Waals surface area (Å²) in [6.07, 6.45) is 0. The van der Waals surface area contributed by atoms with Gasteiger partial charge in [0.05, 0.1) is 42.7 Å². The quantitative estimate of drug-likeness (QED) is 0.0967. The molecule has 0 aliphatic rings. The minimum Gasteiger partial charge on any atom is -1.00 e. The molecule has 0 amide bonds. The molecule has 0 unspecified atom stereocenters. The van der Waals surface area contributed by atoms with Crippen molar-refractivity contribution in [2.45, 2.75) is 69.2 Å². The number of hydrogen-bond donors (Lipinski definition) is 0. The van der Waals surface area contributed by atoms with Gasteiger partial charge < -0.3 is 65.6 Å². The summed E-state index contributed by atoms with van der Waals surface area (Å²) in [6, 6.07) is 6.40. The maximum atomic E-state index is 6.15. The molecule has 0 radical (unpaired) electrons. The molecule has 0 fully saturated rings. The Bertz CT molecular complexity index is 1650. The Hall–Kier alpha value is -2.39. The zero-order valence-corrected chi connectivity index (χ0v) is 37.1. The van der Waals surface area contributed by atoms with Crippen molar-refractivity contribution in [2.24, 2.45) is 0 Å². The molecule has 0 N–H and O–H groups in total. The largest absolute Gasteiger partial charge is 4.00 e. The molecule has 0 bridgehead atoms. The number of hydrogen-bond acceptors (Lipinski definition) is 6. The fraction of sp³-hybridized carbons (Fsp3) is 0.410. The van der Waals surface area contributed by atoms with Gasteiger partial charge >= 0.3 is 21.7 Å². The van der Waals surface area contributed by atoms with Crippen LogP contribution >= 0.6 is 0 Å². The van der Waals surface area contributed by atoms with Crippen molar-refractivity contribution in [3.05, 3.63) is 73.8 Å². The number of methoxy groups -OCH3 is 6. The first kappa shape index (κ1) is 47.6. The monoisotopic (exact) mass is 796 g/mol. The van der Waals surface area contributed by atoms with Crippen molar-refractivity contribution in [1.82, 2.24) is 0 Å². The van der Waals surface area contributed by atoms with Crippen LogP contribution in [0.2, 0.25) is 0 Å². The molecule has 0 aliphatic carbocycles.